The third kappa shape index (κ3) is 3.03. The van der Waals surface area contributed by atoms with Crippen molar-refractivity contribution in [3.05, 3.63) is 12.1 Å². The number of carbonyl (C=O) groups is 1. The summed E-state index contributed by atoms with van der Waals surface area (Å²) in [6.07, 6.45) is 2.17. The number of nitrogens with zero attached hydrogens (tertiary/aromatic N) is 2. The maximum atomic E-state index is 11.7. The van der Waals surface area contributed by atoms with Gasteiger partial charge < -0.3 is 20.7 Å². The Morgan fingerprint density at radius 1 is 1.61 bits per heavy atom. The van der Waals surface area contributed by atoms with E-state index in [-0.39, 0.29) is 12.5 Å². The molecule has 0 aromatic carbocycles. The smallest absolute Gasteiger partial charge is 0.239 e. The molecule has 1 aliphatic rings. The number of aromatic nitrogens is 1. The highest BCUT2D eigenvalue weighted by atomic mass is 16.5. The Labute approximate surface area is 106 Å². The van der Waals surface area contributed by atoms with Crippen LogP contribution in [-0.4, -0.2) is 37.6 Å². The summed E-state index contributed by atoms with van der Waals surface area (Å²) in [5.41, 5.74) is 6.17. The minimum atomic E-state index is 0.0117. The normalized spacial score (nSPS) is 14.1. The summed E-state index contributed by atoms with van der Waals surface area (Å²) in [5, 5.41) is 2.93. The SMILES string of the molecule is COc1nc(N(C)CC(=O)NC2CC2)ccc1N. The van der Waals surface area contributed by atoms with Crippen molar-refractivity contribution in [2.45, 2.75) is 18.9 Å². The van der Waals surface area contributed by atoms with Crippen LogP contribution >= 0.6 is 0 Å². The van der Waals surface area contributed by atoms with Gasteiger partial charge >= 0.3 is 0 Å². The number of likely N-dealkylation sites (N-methyl/N-ethyl adjacent to an activating group) is 1. The first-order valence-electron chi connectivity index (χ1n) is 5.91. The third-order valence-corrected chi connectivity index (χ3v) is 2.78. The first-order valence-corrected chi connectivity index (χ1v) is 5.91. The number of amides is 1. The predicted octanol–water partition coefficient (Wildman–Crippen LogP) is 0.387. The van der Waals surface area contributed by atoms with Gasteiger partial charge in [-0.2, -0.15) is 4.98 Å². The number of carbonyl (C=O) groups excluding carboxylic acids is 1. The highest BCUT2D eigenvalue weighted by Crippen LogP contribution is 2.22. The second kappa shape index (κ2) is 5.12. The van der Waals surface area contributed by atoms with Crippen molar-refractivity contribution < 1.29 is 9.53 Å². The van der Waals surface area contributed by atoms with Crippen molar-refractivity contribution in [3.8, 4) is 5.88 Å². The van der Waals surface area contributed by atoms with Crippen molar-refractivity contribution in [1.29, 1.82) is 0 Å². The van der Waals surface area contributed by atoms with Crippen LogP contribution in [0.2, 0.25) is 0 Å². The van der Waals surface area contributed by atoms with E-state index in [0.29, 0.717) is 23.4 Å². The zero-order valence-electron chi connectivity index (χ0n) is 10.6. The number of rotatable bonds is 5. The molecule has 0 radical (unpaired) electrons. The van der Waals surface area contributed by atoms with Gasteiger partial charge in [0, 0.05) is 13.1 Å². The molecule has 1 fully saturated rings. The first-order chi connectivity index (χ1) is 8.60. The summed E-state index contributed by atoms with van der Waals surface area (Å²) in [4.78, 5) is 17.7. The van der Waals surface area contributed by atoms with E-state index in [1.165, 1.54) is 7.11 Å². The second-order valence-electron chi connectivity index (χ2n) is 4.47. The van der Waals surface area contributed by atoms with Gasteiger partial charge in [-0.15, -0.1) is 0 Å². The monoisotopic (exact) mass is 250 g/mol. The molecule has 0 spiro atoms. The second-order valence-corrected chi connectivity index (χ2v) is 4.47. The van der Waals surface area contributed by atoms with Gasteiger partial charge in [0.1, 0.15) is 5.82 Å². The van der Waals surface area contributed by atoms with Crippen LogP contribution in [0.1, 0.15) is 12.8 Å². The Hall–Kier alpha value is -1.98. The molecule has 1 heterocycles. The lowest BCUT2D eigenvalue weighted by Gasteiger charge is -2.18. The Kier molecular flexibility index (Phi) is 3.55. The number of ether oxygens (including phenoxy) is 1. The summed E-state index contributed by atoms with van der Waals surface area (Å²) in [6.45, 7) is 0.274. The molecule has 1 aromatic rings. The Balaban J connectivity index is 1.98. The van der Waals surface area contributed by atoms with E-state index in [9.17, 15) is 4.79 Å². The van der Waals surface area contributed by atoms with Crippen LogP contribution in [0.25, 0.3) is 0 Å². The average Bonchev–Trinajstić information content (AvgIpc) is 3.13. The van der Waals surface area contributed by atoms with Gasteiger partial charge in [-0.1, -0.05) is 0 Å². The van der Waals surface area contributed by atoms with Crippen LogP contribution in [0.5, 0.6) is 5.88 Å². The Morgan fingerprint density at radius 3 is 2.94 bits per heavy atom. The molecule has 1 amide bonds. The Morgan fingerprint density at radius 2 is 2.33 bits per heavy atom. The van der Waals surface area contributed by atoms with Gasteiger partial charge in [0.2, 0.25) is 11.8 Å². The summed E-state index contributed by atoms with van der Waals surface area (Å²) in [6, 6.07) is 3.86. The number of hydrogen-bond acceptors (Lipinski definition) is 5. The van der Waals surface area contributed by atoms with E-state index in [4.69, 9.17) is 10.5 Å². The lowest BCUT2D eigenvalue weighted by Crippen LogP contribution is -2.36. The molecule has 18 heavy (non-hydrogen) atoms. The van der Waals surface area contributed by atoms with Gasteiger partial charge in [0.25, 0.3) is 0 Å². The standard InChI is InChI=1S/C12H18N4O2/c1-16(7-11(17)14-8-3-4-8)10-6-5-9(13)12(15-10)18-2/h5-6,8H,3-4,7,13H2,1-2H3,(H,14,17). The minimum Gasteiger partial charge on any atom is -0.479 e. The molecule has 1 aromatic heterocycles. The van der Waals surface area contributed by atoms with Gasteiger partial charge in [-0.3, -0.25) is 4.79 Å². The minimum absolute atomic E-state index is 0.0117. The van der Waals surface area contributed by atoms with E-state index in [1.807, 2.05) is 7.05 Å². The maximum absolute atomic E-state index is 11.7. The predicted molar refractivity (Wildman–Crippen MR) is 69.6 cm³/mol. The summed E-state index contributed by atoms with van der Waals surface area (Å²) >= 11 is 0. The van der Waals surface area contributed by atoms with E-state index in [0.717, 1.165) is 12.8 Å². The fourth-order valence-electron chi connectivity index (χ4n) is 1.61. The molecular weight excluding hydrogens is 232 g/mol. The van der Waals surface area contributed by atoms with Crippen LogP contribution < -0.4 is 20.7 Å². The molecule has 0 unspecified atom stereocenters. The van der Waals surface area contributed by atoms with E-state index >= 15 is 0 Å². The zero-order chi connectivity index (χ0) is 13.1. The van der Waals surface area contributed by atoms with E-state index < -0.39 is 0 Å². The number of nitrogen functional groups attached to an aromatic ring is 1. The zero-order valence-corrected chi connectivity index (χ0v) is 10.6. The molecule has 0 bridgehead atoms. The average molecular weight is 250 g/mol. The molecule has 98 valence electrons. The van der Waals surface area contributed by atoms with E-state index in [1.54, 1.807) is 17.0 Å². The molecule has 0 saturated heterocycles. The van der Waals surface area contributed by atoms with Gasteiger partial charge in [0.05, 0.1) is 19.3 Å². The third-order valence-electron chi connectivity index (χ3n) is 2.78. The molecule has 0 atom stereocenters. The fourth-order valence-corrected chi connectivity index (χ4v) is 1.61. The molecule has 6 heteroatoms. The van der Waals surface area contributed by atoms with Crippen LogP contribution in [0, 0.1) is 0 Å². The van der Waals surface area contributed by atoms with Crippen molar-refractivity contribution >= 4 is 17.4 Å². The molecule has 0 aliphatic heterocycles. The summed E-state index contributed by atoms with van der Waals surface area (Å²) in [7, 11) is 3.33. The summed E-state index contributed by atoms with van der Waals surface area (Å²) in [5.74, 6) is 1.05. The van der Waals surface area contributed by atoms with Crippen LogP contribution in [0.3, 0.4) is 0 Å². The molecule has 2 rings (SSSR count). The molecule has 6 nitrogen and oxygen atoms in total. The maximum Gasteiger partial charge on any atom is 0.239 e. The number of nitrogens with one attached hydrogen (secondary N) is 1. The quantitative estimate of drug-likeness (QED) is 0.790. The van der Waals surface area contributed by atoms with Gasteiger partial charge in [-0.25, -0.2) is 0 Å². The van der Waals surface area contributed by atoms with Crippen LogP contribution in [0.15, 0.2) is 12.1 Å². The number of anilines is 2. The van der Waals surface area contributed by atoms with Crippen molar-refractivity contribution in [1.82, 2.24) is 10.3 Å². The lowest BCUT2D eigenvalue weighted by atomic mass is 10.3. The topological polar surface area (TPSA) is 80.5 Å². The lowest BCUT2D eigenvalue weighted by molar-refractivity contribution is -0.119. The number of pyridine rings is 1. The molecule has 3 N–H and O–H groups in total. The molecular formula is C12H18N4O2. The number of methoxy groups -OCH3 is 1. The fraction of sp³-hybridized carbons (Fsp3) is 0.500. The number of nitrogens with two attached hydrogens (primary N) is 1. The van der Waals surface area contributed by atoms with E-state index in [2.05, 4.69) is 10.3 Å². The van der Waals surface area contributed by atoms with Crippen LogP contribution in [-0.2, 0) is 4.79 Å². The van der Waals surface area contributed by atoms with Crippen molar-refractivity contribution in [2.24, 2.45) is 0 Å². The Bertz CT molecular complexity index is 446. The largest absolute Gasteiger partial charge is 0.479 e. The highest BCUT2D eigenvalue weighted by Gasteiger charge is 2.23. The van der Waals surface area contributed by atoms with Crippen molar-refractivity contribution in [2.75, 3.05) is 31.3 Å². The highest BCUT2D eigenvalue weighted by molar-refractivity contribution is 5.81. The first kappa shape index (κ1) is 12.5. The van der Waals surface area contributed by atoms with Crippen LogP contribution in [0.4, 0.5) is 11.5 Å². The van der Waals surface area contributed by atoms with Gasteiger partial charge in [0.15, 0.2) is 0 Å². The number of hydrogen-bond donors (Lipinski definition) is 2. The molecule has 1 aliphatic carbocycles. The molecule has 1 saturated carbocycles. The summed E-state index contributed by atoms with van der Waals surface area (Å²) < 4.78 is 5.05. The van der Waals surface area contributed by atoms with Gasteiger partial charge in [-0.05, 0) is 25.0 Å². The van der Waals surface area contributed by atoms with Crippen molar-refractivity contribution in [3.63, 3.8) is 0 Å².